The van der Waals surface area contributed by atoms with E-state index in [1.807, 2.05) is 50.3 Å². The maximum atomic E-state index is 13.5. The average Bonchev–Trinajstić information content (AvgIpc) is 2.91. The van der Waals surface area contributed by atoms with Crippen LogP contribution in [0.2, 0.25) is 5.02 Å². The average molecular weight is 454 g/mol. The summed E-state index contributed by atoms with van der Waals surface area (Å²) >= 11 is 6.22. The van der Waals surface area contributed by atoms with Gasteiger partial charge in [-0.15, -0.1) is 0 Å². The van der Waals surface area contributed by atoms with Crippen LogP contribution in [0, 0.1) is 0 Å². The zero-order chi connectivity index (χ0) is 22.5. The Kier molecular flexibility index (Phi) is 8.27. The second-order valence-corrected chi connectivity index (χ2v) is 10.1. The van der Waals surface area contributed by atoms with Gasteiger partial charge in [0, 0.05) is 41.8 Å². The van der Waals surface area contributed by atoms with Crippen LogP contribution in [0.5, 0.6) is 0 Å². The lowest BCUT2D eigenvalue weighted by Crippen LogP contribution is -2.59. The van der Waals surface area contributed by atoms with Crippen LogP contribution in [0.15, 0.2) is 47.7 Å². The molecule has 8 heteroatoms. The zero-order valence-corrected chi connectivity index (χ0v) is 19.9. The Bertz CT molecular complexity index is 941. The Morgan fingerprint density at radius 1 is 1.27 bits per heavy atom. The summed E-state index contributed by atoms with van der Waals surface area (Å²) in [5, 5.41) is 3.68. The number of rotatable bonds is 9. The lowest BCUT2D eigenvalue weighted by molar-refractivity contribution is -0.129. The third-order valence-corrected chi connectivity index (χ3v) is 6.30. The van der Waals surface area contributed by atoms with E-state index in [0.717, 1.165) is 23.1 Å². The predicted molar refractivity (Wildman–Crippen MR) is 123 cm³/mol. The molecule has 1 aromatic rings. The van der Waals surface area contributed by atoms with E-state index in [2.05, 4.69) is 28.8 Å². The van der Waals surface area contributed by atoms with Crippen LogP contribution in [0.1, 0.15) is 39.7 Å². The van der Waals surface area contributed by atoms with Crippen LogP contribution in [0.3, 0.4) is 0 Å². The number of allylic oxidation sites excluding steroid dienone is 2. The minimum absolute atomic E-state index is 0.0549. The number of sulfonamides is 1. The number of nitrogens with one attached hydrogen (secondary N) is 2. The van der Waals surface area contributed by atoms with E-state index < -0.39 is 15.6 Å². The molecule has 1 aliphatic rings. The molecule has 1 amide bonds. The van der Waals surface area contributed by atoms with Gasteiger partial charge in [-0.2, -0.15) is 0 Å². The van der Waals surface area contributed by atoms with Crippen LogP contribution in [0.25, 0.3) is 0 Å². The summed E-state index contributed by atoms with van der Waals surface area (Å²) in [5.74, 6) is -0.0755. The first-order chi connectivity index (χ1) is 14.0. The van der Waals surface area contributed by atoms with Crippen LogP contribution >= 0.6 is 11.6 Å². The van der Waals surface area contributed by atoms with Gasteiger partial charge in [0.05, 0.1) is 6.26 Å². The first-order valence-corrected chi connectivity index (χ1v) is 12.4. The molecule has 2 rings (SSSR count). The van der Waals surface area contributed by atoms with Gasteiger partial charge in [0.15, 0.2) is 0 Å². The monoisotopic (exact) mass is 453 g/mol. The Hall–Kier alpha value is -1.67. The van der Waals surface area contributed by atoms with E-state index in [-0.39, 0.29) is 11.9 Å². The summed E-state index contributed by atoms with van der Waals surface area (Å²) < 4.78 is 25.4. The molecular weight excluding hydrogens is 422 g/mol. The molecule has 1 aromatic carbocycles. The zero-order valence-electron chi connectivity index (χ0n) is 18.3. The fraction of sp³-hybridized carbons (Fsp3) is 0.500. The van der Waals surface area contributed by atoms with Gasteiger partial charge in [-0.1, -0.05) is 35.9 Å². The minimum Gasteiger partial charge on any atom is -0.324 e. The number of carbonyl (C=O) groups is 1. The van der Waals surface area contributed by atoms with Gasteiger partial charge >= 0.3 is 0 Å². The fourth-order valence-corrected chi connectivity index (χ4v) is 4.89. The highest BCUT2D eigenvalue weighted by atomic mass is 35.5. The highest BCUT2D eigenvalue weighted by molar-refractivity contribution is 7.88. The number of amides is 1. The van der Waals surface area contributed by atoms with E-state index in [4.69, 9.17) is 11.6 Å². The standard InChI is InChI=1S/C22H32ClN3O3S/c1-6-19-20(7-2)25-21(27)22(19,15-17-10-8-11-18(23)14-17)26(16(3)4)13-9-12-24-30(5,28)29/h6-8,10-11,14,16,24H,9,12-13,15H2,1-5H3,(H,25,27)/b19-6+,20-7+. The molecule has 0 bridgehead atoms. The summed E-state index contributed by atoms with van der Waals surface area (Å²) in [5.41, 5.74) is 1.80. The van der Waals surface area contributed by atoms with Crippen molar-refractivity contribution in [2.45, 2.75) is 52.1 Å². The Balaban J connectivity index is 2.48. The predicted octanol–water partition coefficient (Wildman–Crippen LogP) is 3.25. The highest BCUT2D eigenvalue weighted by Gasteiger charge is 2.53. The van der Waals surface area contributed by atoms with Gasteiger partial charge in [-0.3, -0.25) is 9.69 Å². The van der Waals surface area contributed by atoms with Crippen molar-refractivity contribution in [2.24, 2.45) is 0 Å². The van der Waals surface area contributed by atoms with E-state index >= 15 is 0 Å². The summed E-state index contributed by atoms with van der Waals surface area (Å²) in [7, 11) is -3.25. The molecule has 0 radical (unpaired) electrons. The van der Waals surface area contributed by atoms with Crippen molar-refractivity contribution in [3.05, 3.63) is 58.3 Å². The maximum Gasteiger partial charge on any atom is 0.249 e. The van der Waals surface area contributed by atoms with Crippen molar-refractivity contribution < 1.29 is 13.2 Å². The number of benzene rings is 1. The fourth-order valence-electron chi connectivity index (χ4n) is 4.16. The van der Waals surface area contributed by atoms with Gasteiger partial charge in [0.2, 0.25) is 15.9 Å². The van der Waals surface area contributed by atoms with Crippen LogP contribution in [0.4, 0.5) is 0 Å². The Labute approximate surface area is 185 Å². The van der Waals surface area contributed by atoms with E-state index in [1.165, 1.54) is 0 Å². The summed E-state index contributed by atoms with van der Waals surface area (Å²) in [6, 6.07) is 7.63. The molecule has 6 nitrogen and oxygen atoms in total. The van der Waals surface area contributed by atoms with Gasteiger partial charge in [-0.25, -0.2) is 13.1 Å². The Morgan fingerprint density at radius 2 is 1.97 bits per heavy atom. The van der Waals surface area contributed by atoms with E-state index in [9.17, 15) is 13.2 Å². The van der Waals surface area contributed by atoms with Gasteiger partial charge < -0.3 is 5.32 Å². The molecule has 1 fully saturated rings. The normalized spacial score (nSPS) is 22.5. The molecule has 166 valence electrons. The van der Waals surface area contributed by atoms with E-state index in [0.29, 0.717) is 31.0 Å². The molecule has 1 heterocycles. The highest BCUT2D eigenvalue weighted by Crippen LogP contribution is 2.40. The quantitative estimate of drug-likeness (QED) is 0.562. The number of halogens is 1. The molecule has 0 spiro atoms. The SMILES string of the molecule is C/C=C1/NC(=O)C(Cc2cccc(Cl)c2)(N(CCCNS(C)(=O)=O)C(C)C)/C1=C/C. The van der Waals surface area contributed by atoms with E-state index in [1.54, 1.807) is 0 Å². The van der Waals surface area contributed by atoms with Gasteiger partial charge in [0.1, 0.15) is 5.54 Å². The molecule has 2 N–H and O–H groups in total. The van der Waals surface area contributed by atoms with Crippen LogP contribution in [-0.2, 0) is 21.2 Å². The molecule has 1 saturated heterocycles. The second-order valence-electron chi connectivity index (χ2n) is 7.83. The molecule has 0 aliphatic carbocycles. The van der Waals surface area contributed by atoms with Crippen molar-refractivity contribution >= 4 is 27.5 Å². The molecule has 1 atom stereocenters. The van der Waals surface area contributed by atoms with Crippen LogP contribution < -0.4 is 10.0 Å². The molecule has 1 aliphatic heterocycles. The van der Waals surface area contributed by atoms with Crippen molar-refractivity contribution in [1.82, 2.24) is 14.9 Å². The molecule has 1 unspecified atom stereocenters. The number of nitrogens with zero attached hydrogens (tertiary/aromatic N) is 1. The third kappa shape index (κ3) is 5.52. The number of carbonyl (C=O) groups excluding carboxylic acids is 1. The summed E-state index contributed by atoms with van der Waals surface area (Å²) in [6.45, 7) is 8.83. The third-order valence-electron chi connectivity index (χ3n) is 5.34. The first kappa shape index (κ1) is 24.6. The first-order valence-electron chi connectivity index (χ1n) is 10.2. The topological polar surface area (TPSA) is 78.5 Å². The number of hydrogen-bond donors (Lipinski definition) is 2. The lowest BCUT2D eigenvalue weighted by atomic mass is 9.81. The van der Waals surface area contributed by atoms with Gasteiger partial charge in [0.25, 0.3) is 0 Å². The summed E-state index contributed by atoms with van der Waals surface area (Å²) in [4.78, 5) is 15.6. The van der Waals surface area contributed by atoms with Crippen molar-refractivity contribution in [3.8, 4) is 0 Å². The largest absolute Gasteiger partial charge is 0.324 e. The summed E-state index contributed by atoms with van der Waals surface area (Å²) in [6.07, 6.45) is 6.10. The number of hydrogen-bond acceptors (Lipinski definition) is 4. The van der Waals surface area contributed by atoms with Crippen LogP contribution in [-0.4, -0.2) is 50.2 Å². The maximum absolute atomic E-state index is 13.5. The molecular formula is C22H32ClN3O3S. The lowest BCUT2D eigenvalue weighted by Gasteiger charge is -2.43. The smallest absolute Gasteiger partial charge is 0.249 e. The minimum atomic E-state index is -3.25. The molecule has 30 heavy (non-hydrogen) atoms. The Morgan fingerprint density at radius 3 is 2.50 bits per heavy atom. The molecule has 0 saturated carbocycles. The molecule has 0 aromatic heterocycles. The van der Waals surface area contributed by atoms with Crippen molar-refractivity contribution in [1.29, 1.82) is 0 Å². The second kappa shape index (κ2) is 10.1. The van der Waals surface area contributed by atoms with Crippen molar-refractivity contribution in [3.63, 3.8) is 0 Å². The van der Waals surface area contributed by atoms with Crippen molar-refractivity contribution in [2.75, 3.05) is 19.3 Å². The van der Waals surface area contributed by atoms with Gasteiger partial charge in [-0.05, 0) is 51.8 Å².